The van der Waals surface area contributed by atoms with Crippen LogP contribution in [-0.4, -0.2) is 27.9 Å². The monoisotopic (exact) mass is 457 g/mol. The quantitative estimate of drug-likeness (QED) is 0.704. The number of carbonyl (C=O) groups excluding carboxylic acids is 1. The molecule has 6 nitrogen and oxygen atoms in total. The minimum atomic E-state index is -1.52. The number of nitrogens with zero attached hydrogens (tertiary/aromatic N) is 3. The van der Waals surface area contributed by atoms with Gasteiger partial charge >= 0.3 is 5.97 Å². The second-order valence-corrected chi connectivity index (χ2v) is 8.56. The first kappa shape index (κ1) is 22.3. The molecule has 2 aliphatic rings. The molecule has 2 aromatic carbocycles. The Morgan fingerprint density at radius 3 is 2.55 bits per heavy atom. The first-order valence-corrected chi connectivity index (χ1v) is 10.9. The first-order valence-electron chi connectivity index (χ1n) is 10.5. The summed E-state index contributed by atoms with van der Waals surface area (Å²) in [5.74, 6) is -1.65. The third kappa shape index (κ3) is 4.02. The zero-order valence-electron chi connectivity index (χ0n) is 17.6. The Labute approximate surface area is 196 Å². The molecule has 1 saturated heterocycles. The Balaban J connectivity index is 1.68. The minimum Gasteiger partial charge on any atom is -0.480 e. The SMILES string of the molecule is N#Cc1cccc(C2=CCC(C#N)(C(=O)N3[C@@H](c4ccccc4Cl)CC[C@H]3C(=O)O)C=C2)c1. The molecule has 0 aromatic heterocycles. The van der Waals surface area contributed by atoms with Crippen molar-refractivity contribution in [1.82, 2.24) is 4.90 Å². The van der Waals surface area contributed by atoms with Crippen LogP contribution in [0.1, 0.15) is 42.0 Å². The van der Waals surface area contributed by atoms with Crippen LogP contribution in [0.4, 0.5) is 0 Å². The highest BCUT2D eigenvalue weighted by Gasteiger charge is 2.49. The standard InChI is InChI=1S/C26H20ClN3O3/c27-21-7-2-1-6-20(21)22-8-9-23(24(31)32)30(22)25(33)26(16-29)12-10-18(11-13-26)19-5-3-4-17(14-19)15-28/h1-7,10-12,14,22-23H,8-9,13H2,(H,31,32)/t22-,23+,26?/m1/s1. The number of carbonyl (C=O) groups is 2. The summed E-state index contributed by atoms with van der Waals surface area (Å²) >= 11 is 6.37. The molecule has 0 saturated carbocycles. The lowest BCUT2D eigenvalue weighted by Gasteiger charge is -2.35. The van der Waals surface area contributed by atoms with Gasteiger partial charge in [-0.25, -0.2) is 4.79 Å². The topological polar surface area (TPSA) is 105 Å². The van der Waals surface area contributed by atoms with E-state index in [2.05, 4.69) is 12.1 Å². The van der Waals surface area contributed by atoms with Gasteiger partial charge in [-0.1, -0.05) is 60.2 Å². The van der Waals surface area contributed by atoms with E-state index >= 15 is 0 Å². The Bertz CT molecular complexity index is 1270. The molecular formula is C26H20ClN3O3. The predicted molar refractivity (Wildman–Crippen MR) is 123 cm³/mol. The van der Waals surface area contributed by atoms with Gasteiger partial charge in [0.1, 0.15) is 6.04 Å². The Morgan fingerprint density at radius 2 is 1.91 bits per heavy atom. The van der Waals surface area contributed by atoms with E-state index in [0.29, 0.717) is 22.6 Å². The number of hydrogen-bond donors (Lipinski definition) is 1. The average molecular weight is 458 g/mol. The highest BCUT2D eigenvalue weighted by atomic mass is 35.5. The third-order valence-electron chi connectivity index (χ3n) is 6.27. The highest BCUT2D eigenvalue weighted by Crippen LogP contribution is 2.44. The molecule has 0 bridgehead atoms. The number of aliphatic carboxylic acids is 1. The number of benzene rings is 2. The largest absolute Gasteiger partial charge is 0.480 e. The molecule has 3 atom stereocenters. The molecule has 1 fully saturated rings. The molecule has 1 aliphatic carbocycles. The van der Waals surface area contributed by atoms with Crippen molar-refractivity contribution in [3.8, 4) is 12.1 Å². The number of rotatable bonds is 4. The smallest absolute Gasteiger partial charge is 0.326 e. The van der Waals surface area contributed by atoms with Gasteiger partial charge in [0, 0.05) is 5.02 Å². The molecule has 4 rings (SSSR count). The van der Waals surface area contributed by atoms with Crippen LogP contribution in [-0.2, 0) is 9.59 Å². The van der Waals surface area contributed by atoms with E-state index in [9.17, 15) is 20.0 Å². The summed E-state index contributed by atoms with van der Waals surface area (Å²) in [5, 5.41) is 29.4. The molecule has 33 heavy (non-hydrogen) atoms. The maximum Gasteiger partial charge on any atom is 0.326 e. The van der Waals surface area contributed by atoms with Gasteiger partial charge in [-0.2, -0.15) is 10.5 Å². The number of amides is 1. The third-order valence-corrected chi connectivity index (χ3v) is 6.61. The Kier molecular flexibility index (Phi) is 6.05. The van der Waals surface area contributed by atoms with Crippen molar-refractivity contribution < 1.29 is 14.7 Å². The summed E-state index contributed by atoms with van der Waals surface area (Å²) in [5.41, 5.74) is 1.27. The number of carboxylic acid groups (broad SMARTS) is 1. The summed E-state index contributed by atoms with van der Waals surface area (Å²) in [4.78, 5) is 27.1. The fraction of sp³-hybridized carbons (Fsp3) is 0.231. The predicted octanol–water partition coefficient (Wildman–Crippen LogP) is 4.88. The van der Waals surface area contributed by atoms with Crippen LogP contribution in [0.2, 0.25) is 5.02 Å². The van der Waals surface area contributed by atoms with Gasteiger partial charge < -0.3 is 10.0 Å². The summed E-state index contributed by atoms with van der Waals surface area (Å²) in [6.07, 6.45) is 5.85. The zero-order valence-corrected chi connectivity index (χ0v) is 18.4. The van der Waals surface area contributed by atoms with Crippen LogP contribution in [0.15, 0.2) is 66.8 Å². The van der Waals surface area contributed by atoms with Crippen LogP contribution in [0.5, 0.6) is 0 Å². The molecule has 0 spiro atoms. The first-order chi connectivity index (χ1) is 15.9. The molecule has 1 N–H and O–H groups in total. The van der Waals surface area contributed by atoms with Crippen LogP contribution < -0.4 is 0 Å². The summed E-state index contributed by atoms with van der Waals surface area (Å²) in [6.45, 7) is 0. The van der Waals surface area contributed by atoms with Crippen molar-refractivity contribution in [3.63, 3.8) is 0 Å². The van der Waals surface area contributed by atoms with E-state index in [-0.39, 0.29) is 12.8 Å². The van der Waals surface area contributed by atoms with Crippen molar-refractivity contribution in [2.45, 2.75) is 31.3 Å². The van der Waals surface area contributed by atoms with Gasteiger partial charge in [0.15, 0.2) is 5.41 Å². The number of likely N-dealkylation sites (tertiary alicyclic amines) is 1. The molecule has 164 valence electrons. The zero-order chi connectivity index (χ0) is 23.6. The van der Waals surface area contributed by atoms with Crippen molar-refractivity contribution >= 4 is 29.1 Å². The maximum atomic E-state index is 13.8. The normalized spacial score (nSPS) is 24.0. The summed E-state index contributed by atoms with van der Waals surface area (Å²) < 4.78 is 0. The van der Waals surface area contributed by atoms with E-state index in [4.69, 9.17) is 16.9 Å². The lowest BCUT2D eigenvalue weighted by Crippen LogP contribution is -2.48. The lowest BCUT2D eigenvalue weighted by molar-refractivity contribution is -0.152. The second kappa shape index (κ2) is 8.94. The Morgan fingerprint density at radius 1 is 1.12 bits per heavy atom. The molecule has 1 unspecified atom stereocenters. The lowest BCUT2D eigenvalue weighted by atomic mass is 9.78. The van der Waals surface area contributed by atoms with Crippen LogP contribution >= 0.6 is 11.6 Å². The fourth-order valence-electron chi connectivity index (χ4n) is 4.53. The van der Waals surface area contributed by atoms with Crippen molar-refractivity contribution in [1.29, 1.82) is 10.5 Å². The van der Waals surface area contributed by atoms with Crippen LogP contribution in [0, 0.1) is 28.1 Å². The summed E-state index contributed by atoms with van der Waals surface area (Å²) in [6, 6.07) is 16.8. The number of hydrogen-bond acceptors (Lipinski definition) is 4. The van der Waals surface area contributed by atoms with Gasteiger partial charge in [-0.15, -0.1) is 0 Å². The number of carboxylic acids is 1. The molecule has 2 aromatic rings. The molecule has 0 radical (unpaired) electrons. The molecule has 7 heteroatoms. The molecule has 1 amide bonds. The number of nitriles is 2. The Hall–Kier alpha value is -3.87. The van der Waals surface area contributed by atoms with E-state index in [1.165, 1.54) is 4.90 Å². The highest BCUT2D eigenvalue weighted by molar-refractivity contribution is 6.31. The van der Waals surface area contributed by atoms with Gasteiger partial charge in [-0.05, 0) is 54.2 Å². The summed E-state index contributed by atoms with van der Waals surface area (Å²) in [7, 11) is 0. The van der Waals surface area contributed by atoms with Gasteiger partial charge in [0.2, 0.25) is 5.91 Å². The maximum absolute atomic E-state index is 13.8. The van der Waals surface area contributed by atoms with E-state index in [1.54, 1.807) is 60.7 Å². The van der Waals surface area contributed by atoms with Gasteiger partial charge in [-0.3, -0.25) is 4.79 Å². The van der Waals surface area contributed by atoms with E-state index in [0.717, 1.165) is 11.1 Å². The minimum absolute atomic E-state index is 0.100. The van der Waals surface area contributed by atoms with Crippen molar-refractivity contribution in [2.24, 2.45) is 5.41 Å². The fourth-order valence-corrected chi connectivity index (χ4v) is 4.79. The van der Waals surface area contributed by atoms with E-state index < -0.39 is 29.4 Å². The molecule has 1 aliphatic heterocycles. The van der Waals surface area contributed by atoms with E-state index in [1.807, 2.05) is 6.07 Å². The molecule has 1 heterocycles. The van der Waals surface area contributed by atoms with Crippen LogP contribution in [0.3, 0.4) is 0 Å². The number of allylic oxidation sites excluding steroid dienone is 3. The van der Waals surface area contributed by atoms with Gasteiger partial charge in [0.25, 0.3) is 0 Å². The van der Waals surface area contributed by atoms with Crippen molar-refractivity contribution in [3.05, 3.63) is 88.5 Å². The van der Waals surface area contributed by atoms with Gasteiger partial charge in [0.05, 0.1) is 23.7 Å². The number of halogens is 1. The molecular weight excluding hydrogens is 438 g/mol. The van der Waals surface area contributed by atoms with Crippen molar-refractivity contribution in [2.75, 3.05) is 0 Å². The van der Waals surface area contributed by atoms with Crippen LogP contribution in [0.25, 0.3) is 5.57 Å². The average Bonchev–Trinajstić information content (AvgIpc) is 3.29. The second-order valence-electron chi connectivity index (χ2n) is 8.15.